The van der Waals surface area contributed by atoms with Crippen molar-refractivity contribution in [2.75, 3.05) is 6.61 Å². The second-order valence-electron chi connectivity index (χ2n) is 6.11. The molecule has 0 aliphatic carbocycles. The molecule has 0 saturated carbocycles. The van der Waals surface area contributed by atoms with Crippen LogP contribution >= 0.6 is 0 Å². The summed E-state index contributed by atoms with van der Waals surface area (Å²) in [6.45, 7) is 4.37. The van der Waals surface area contributed by atoms with Crippen LogP contribution in [0.2, 0.25) is 0 Å². The predicted octanol–water partition coefficient (Wildman–Crippen LogP) is 5.52. The van der Waals surface area contributed by atoms with Crippen molar-refractivity contribution in [3.05, 3.63) is 102 Å². The standard InChI is InChI=1S/C24H22O2/c1-2-9-21-16-22(20-12-7-4-8-13-20)17-23(18-25)24(21)26-15-14-19-10-5-3-6-11-19/h2-8,10-13,16-18H,1,9,14-15H2. The topological polar surface area (TPSA) is 26.3 Å². The Bertz CT molecular complexity index is 867. The smallest absolute Gasteiger partial charge is 0.153 e. The maximum absolute atomic E-state index is 11.7. The summed E-state index contributed by atoms with van der Waals surface area (Å²) in [6.07, 6.45) is 4.16. The van der Waals surface area contributed by atoms with Crippen molar-refractivity contribution < 1.29 is 9.53 Å². The van der Waals surface area contributed by atoms with Gasteiger partial charge in [-0.2, -0.15) is 0 Å². The molecular formula is C24H22O2. The van der Waals surface area contributed by atoms with Crippen molar-refractivity contribution >= 4 is 6.29 Å². The summed E-state index contributed by atoms with van der Waals surface area (Å²) < 4.78 is 6.03. The predicted molar refractivity (Wildman–Crippen MR) is 107 cm³/mol. The van der Waals surface area contributed by atoms with E-state index in [-0.39, 0.29) is 0 Å². The van der Waals surface area contributed by atoms with E-state index in [4.69, 9.17) is 4.74 Å². The molecule has 0 heterocycles. The van der Waals surface area contributed by atoms with Crippen LogP contribution in [-0.4, -0.2) is 12.9 Å². The molecule has 0 aromatic heterocycles. The van der Waals surface area contributed by atoms with E-state index < -0.39 is 0 Å². The number of hydrogen-bond acceptors (Lipinski definition) is 2. The number of ether oxygens (including phenoxy) is 1. The van der Waals surface area contributed by atoms with Gasteiger partial charge in [0.25, 0.3) is 0 Å². The van der Waals surface area contributed by atoms with Gasteiger partial charge in [-0.3, -0.25) is 4.79 Å². The number of rotatable bonds is 8. The van der Waals surface area contributed by atoms with Gasteiger partial charge in [0.2, 0.25) is 0 Å². The van der Waals surface area contributed by atoms with E-state index in [0.717, 1.165) is 29.4 Å². The Labute approximate surface area is 154 Å². The highest BCUT2D eigenvalue weighted by Gasteiger charge is 2.12. The van der Waals surface area contributed by atoms with Crippen LogP contribution in [-0.2, 0) is 12.8 Å². The summed E-state index contributed by atoms with van der Waals surface area (Å²) in [7, 11) is 0. The number of carbonyl (C=O) groups is 1. The Morgan fingerprint density at radius 1 is 0.885 bits per heavy atom. The average Bonchev–Trinajstić information content (AvgIpc) is 2.70. The van der Waals surface area contributed by atoms with Crippen molar-refractivity contribution in [3.63, 3.8) is 0 Å². The minimum absolute atomic E-state index is 0.527. The minimum Gasteiger partial charge on any atom is -0.492 e. The van der Waals surface area contributed by atoms with Crippen LogP contribution in [0.1, 0.15) is 21.5 Å². The van der Waals surface area contributed by atoms with Crippen molar-refractivity contribution in [2.45, 2.75) is 12.8 Å². The van der Waals surface area contributed by atoms with Gasteiger partial charge in [0.05, 0.1) is 12.2 Å². The highest BCUT2D eigenvalue weighted by Crippen LogP contribution is 2.31. The fourth-order valence-electron chi connectivity index (χ4n) is 3.00. The first kappa shape index (κ1) is 17.7. The largest absolute Gasteiger partial charge is 0.492 e. The Balaban J connectivity index is 1.87. The zero-order chi connectivity index (χ0) is 18.2. The van der Waals surface area contributed by atoms with Gasteiger partial charge in [-0.1, -0.05) is 66.7 Å². The van der Waals surface area contributed by atoms with Crippen LogP contribution in [0, 0.1) is 0 Å². The Morgan fingerprint density at radius 3 is 2.23 bits per heavy atom. The Hall–Kier alpha value is -3.13. The molecule has 0 atom stereocenters. The summed E-state index contributed by atoms with van der Waals surface area (Å²) >= 11 is 0. The highest BCUT2D eigenvalue weighted by molar-refractivity contribution is 5.84. The zero-order valence-electron chi connectivity index (χ0n) is 14.7. The van der Waals surface area contributed by atoms with Gasteiger partial charge in [-0.15, -0.1) is 6.58 Å². The lowest BCUT2D eigenvalue weighted by atomic mass is 9.97. The van der Waals surface area contributed by atoms with Crippen molar-refractivity contribution in [1.29, 1.82) is 0 Å². The molecule has 0 aliphatic rings. The minimum atomic E-state index is 0.527. The average molecular weight is 342 g/mol. The van der Waals surface area contributed by atoms with E-state index in [1.54, 1.807) is 0 Å². The van der Waals surface area contributed by atoms with Gasteiger partial charge < -0.3 is 4.74 Å². The second kappa shape index (κ2) is 8.82. The molecule has 0 spiro atoms. The fraction of sp³-hybridized carbons (Fsp3) is 0.125. The van der Waals surface area contributed by atoms with E-state index in [2.05, 4.69) is 24.8 Å². The molecule has 130 valence electrons. The zero-order valence-corrected chi connectivity index (χ0v) is 14.7. The first-order valence-electron chi connectivity index (χ1n) is 8.77. The first-order valence-corrected chi connectivity index (χ1v) is 8.77. The molecule has 0 N–H and O–H groups in total. The monoisotopic (exact) mass is 342 g/mol. The molecular weight excluding hydrogens is 320 g/mol. The van der Waals surface area contributed by atoms with E-state index in [9.17, 15) is 4.79 Å². The lowest BCUT2D eigenvalue weighted by Gasteiger charge is -2.15. The normalized spacial score (nSPS) is 10.3. The van der Waals surface area contributed by atoms with Crippen LogP contribution in [0.3, 0.4) is 0 Å². The highest BCUT2D eigenvalue weighted by atomic mass is 16.5. The van der Waals surface area contributed by atoms with Gasteiger partial charge in [0, 0.05) is 6.42 Å². The molecule has 2 heteroatoms. The maximum atomic E-state index is 11.7. The quantitative estimate of drug-likeness (QED) is 0.398. The summed E-state index contributed by atoms with van der Waals surface area (Å²) in [6, 6.07) is 24.2. The third kappa shape index (κ3) is 4.28. The summed E-state index contributed by atoms with van der Waals surface area (Å²) in [5, 5.41) is 0. The van der Waals surface area contributed by atoms with Gasteiger partial charge in [-0.25, -0.2) is 0 Å². The van der Waals surface area contributed by atoms with Crippen LogP contribution in [0.15, 0.2) is 85.5 Å². The van der Waals surface area contributed by atoms with Gasteiger partial charge in [0.1, 0.15) is 5.75 Å². The molecule has 0 amide bonds. The summed E-state index contributed by atoms with van der Waals surface area (Å²) in [5.41, 5.74) is 4.87. The third-order valence-corrected chi connectivity index (χ3v) is 4.27. The molecule has 0 fully saturated rings. The van der Waals surface area contributed by atoms with Crippen LogP contribution in [0.5, 0.6) is 5.75 Å². The molecule has 0 saturated heterocycles. The fourth-order valence-corrected chi connectivity index (χ4v) is 3.00. The van der Waals surface area contributed by atoms with Gasteiger partial charge in [-0.05, 0) is 40.8 Å². The number of benzene rings is 3. The number of hydrogen-bond donors (Lipinski definition) is 0. The van der Waals surface area contributed by atoms with E-state index in [1.165, 1.54) is 5.56 Å². The van der Waals surface area contributed by atoms with Gasteiger partial charge >= 0.3 is 0 Å². The number of allylic oxidation sites excluding steroid dienone is 1. The molecule has 3 aromatic rings. The third-order valence-electron chi connectivity index (χ3n) is 4.27. The second-order valence-corrected chi connectivity index (χ2v) is 6.11. The van der Waals surface area contributed by atoms with Crippen molar-refractivity contribution in [2.24, 2.45) is 0 Å². The number of aldehydes is 1. The lowest BCUT2D eigenvalue weighted by Crippen LogP contribution is -2.06. The Morgan fingerprint density at radius 2 is 1.58 bits per heavy atom. The molecule has 3 aromatic carbocycles. The summed E-state index contributed by atoms with van der Waals surface area (Å²) in [5.74, 6) is 0.663. The van der Waals surface area contributed by atoms with Crippen LogP contribution in [0.25, 0.3) is 11.1 Å². The Kier molecular flexibility index (Phi) is 6.00. The van der Waals surface area contributed by atoms with E-state index >= 15 is 0 Å². The molecule has 2 nitrogen and oxygen atoms in total. The molecule has 0 aliphatic heterocycles. The van der Waals surface area contributed by atoms with Crippen molar-refractivity contribution in [3.8, 4) is 16.9 Å². The van der Waals surface area contributed by atoms with Crippen LogP contribution < -0.4 is 4.74 Å². The SMILES string of the molecule is C=CCc1cc(-c2ccccc2)cc(C=O)c1OCCc1ccccc1. The summed E-state index contributed by atoms with van der Waals surface area (Å²) in [4.78, 5) is 11.7. The molecule has 26 heavy (non-hydrogen) atoms. The van der Waals surface area contributed by atoms with E-state index in [0.29, 0.717) is 24.3 Å². The van der Waals surface area contributed by atoms with Crippen LogP contribution in [0.4, 0.5) is 0 Å². The molecule has 3 rings (SSSR count). The molecule has 0 radical (unpaired) electrons. The van der Waals surface area contributed by atoms with Gasteiger partial charge in [0.15, 0.2) is 6.29 Å². The lowest BCUT2D eigenvalue weighted by molar-refractivity contribution is 0.111. The van der Waals surface area contributed by atoms with E-state index in [1.807, 2.05) is 60.7 Å². The van der Waals surface area contributed by atoms with Crippen molar-refractivity contribution in [1.82, 2.24) is 0 Å². The number of carbonyl (C=O) groups excluding carboxylic acids is 1. The first-order chi connectivity index (χ1) is 12.8. The maximum Gasteiger partial charge on any atom is 0.153 e. The molecule has 0 unspecified atom stereocenters. The molecule has 0 bridgehead atoms.